The number of hydrogen-bond acceptors (Lipinski definition) is 4. The van der Waals surface area contributed by atoms with Crippen LogP contribution in [0.25, 0.3) is 0 Å². The SMILES string of the molecule is CNC(=O)c1cc(S(=O)(=O)NC(CO)CC(C)C)cn1C. The molecule has 0 aliphatic carbocycles. The van der Waals surface area contributed by atoms with Crippen LogP contribution < -0.4 is 10.0 Å². The number of amides is 1. The summed E-state index contributed by atoms with van der Waals surface area (Å²) in [5.74, 6) is -0.109. The van der Waals surface area contributed by atoms with Gasteiger partial charge in [0.25, 0.3) is 5.91 Å². The highest BCUT2D eigenvalue weighted by atomic mass is 32.2. The van der Waals surface area contributed by atoms with Gasteiger partial charge in [0.2, 0.25) is 10.0 Å². The minimum atomic E-state index is -3.77. The molecule has 7 nitrogen and oxygen atoms in total. The first-order chi connectivity index (χ1) is 9.71. The highest BCUT2D eigenvalue weighted by molar-refractivity contribution is 7.89. The third-order valence-corrected chi connectivity index (χ3v) is 4.54. The maximum atomic E-state index is 12.3. The van der Waals surface area contributed by atoms with Crippen LogP contribution in [0.4, 0.5) is 0 Å². The first-order valence-corrected chi connectivity index (χ1v) is 8.21. The fourth-order valence-corrected chi connectivity index (χ4v) is 3.36. The number of hydrogen-bond donors (Lipinski definition) is 3. The second-order valence-corrected chi connectivity index (χ2v) is 7.10. The van der Waals surface area contributed by atoms with E-state index in [1.165, 1.54) is 23.9 Å². The molecule has 0 aliphatic rings. The van der Waals surface area contributed by atoms with Crippen molar-refractivity contribution in [2.45, 2.75) is 31.2 Å². The quantitative estimate of drug-likeness (QED) is 0.662. The molecular formula is C13H23N3O4S. The molecule has 1 heterocycles. The van der Waals surface area contributed by atoms with Crippen molar-refractivity contribution in [3.05, 3.63) is 18.0 Å². The lowest BCUT2D eigenvalue weighted by Crippen LogP contribution is -2.38. The number of carbonyl (C=O) groups excluding carboxylic acids is 1. The number of aromatic nitrogens is 1. The molecule has 1 amide bonds. The Hall–Kier alpha value is -1.38. The summed E-state index contributed by atoms with van der Waals surface area (Å²) in [5.41, 5.74) is 0.252. The van der Waals surface area contributed by atoms with Gasteiger partial charge < -0.3 is 15.0 Å². The summed E-state index contributed by atoms with van der Waals surface area (Å²) >= 11 is 0. The van der Waals surface area contributed by atoms with E-state index in [-0.39, 0.29) is 29.0 Å². The Morgan fingerprint density at radius 3 is 2.52 bits per heavy atom. The number of nitrogens with one attached hydrogen (secondary N) is 2. The molecule has 1 aromatic rings. The summed E-state index contributed by atoms with van der Waals surface area (Å²) in [5, 5.41) is 11.7. The summed E-state index contributed by atoms with van der Waals surface area (Å²) in [6, 6.07) is 0.768. The normalized spacial score (nSPS) is 13.4. The number of aliphatic hydroxyl groups excluding tert-OH is 1. The molecule has 21 heavy (non-hydrogen) atoms. The third kappa shape index (κ3) is 4.55. The van der Waals surface area contributed by atoms with Crippen LogP contribution in [-0.2, 0) is 17.1 Å². The maximum absolute atomic E-state index is 12.3. The molecule has 1 aromatic heterocycles. The average molecular weight is 317 g/mol. The predicted octanol–water partition coefficient (Wildman–Crippen LogP) is 0.0700. The molecule has 0 fully saturated rings. The zero-order chi connectivity index (χ0) is 16.2. The van der Waals surface area contributed by atoms with Crippen molar-refractivity contribution in [2.24, 2.45) is 13.0 Å². The number of rotatable bonds is 7. The lowest BCUT2D eigenvalue weighted by atomic mass is 10.1. The summed E-state index contributed by atoms with van der Waals surface area (Å²) in [4.78, 5) is 11.6. The molecule has 3 N–H and O–H groups in total. The van der Waals surface area contributed by atoms with E-state index in [9.17, 15) is 18.3 Å². The van der Waals surface area contributed by atoms with Crippen molar-refractivity contribution < 1.29 is 18.3 Å². The number of aryl methyl sites for hydroxylation is 1. The molecule has 0 radical (unpaired) electrons. The van der Waals surface area contributed by atoms with Gasteiger partial charge in [0.15, 0.2) is 0 Å². The second-order valence-electron chi connectivity index (χ2n) is 5.38. The van der Waals surface area contributed by atoms with E-state index in [0.717, 1.165) is 0 Å². The van der Waals surface area contributed by atoms with E-state index in [2.05, 4.69) is 10.0 Å². The molecular weight excluding hydrogens is 294 g/mol. The molecule has 8 heteroatoms. The third-order valence-electron chi connectivity index (χ3n) is 3.05. The van der Waals surface area contributed by atoms with Gasteiger partial charge in [-0.25, -0.2) is 13.1 Å². The highest BCUT2D eigenvalue weighted by Gasteiger charge is 2.23. The largest absolute Gasteiger partial charge is 0.395 e. The molecule has 0 bridgehead atoms. The van der Waals surface area contributed by atoms with E-state index in [1.54, 1.807) is 7.05 Å². The number of aliphatic hydroxyl groups is 1. The van der Waals surface area contributed by atoms with Crippen molar-refractivity contribution in [2.75, 3.05) is 13.7 Å². The van der Waals surface area contributed by atoms with E-state index in [1.807, 2.05) is 13.8 Å². The summed E-state index contributed by atoms with van der Waals surface area (Å²) in [6.45, 7) is 3.62. The summed E-state index contributed by atoms with van der Waals surface area (Å²) in [6.07, 6.45) is 1.90. The van der Waals surface area contributed by atoms with Crippen LogP contribution in [0.3, 0.4) is 0 Å². The standard InChI is InChI=1S/C13H23N3O4S/c1-9(2)5-10(8-17)15-21(19,20)11-6-12(13(18)14-3)16(4)7-11/h6-7,9-10,15,17H,5,8H2,1-4H3,(H,14,18). The van der Waals surface area contributed by atoms with Crippen molar-refractivity contribution >= 4 is 15.9 Å². The van der Waals surface area contributed by atoms with Gasteiger partial charge in [0.05, 0.1) is 6.61 Å². The van der Waals surface area contributed by atoms with Crippen LogP contribution in [0.15, 0.2) is 17.2 Å². The van der Waals surface area contributed by atoms with E-state index < -0.39 is 16.1 Å². The van der Waals surface area contributed by atoms with Gasteiger partial charge in [0.1, 0.15) is 10.6 Å². The molecule has 1 atom stereocenters. The van der Waals surface area contributed by atoms with E-state index in [0.29, 0.717) is 6.42 Å². The molecule has 0 saturated carbocycles. The Morgan fingerprint density at radius 1 is 1.43 bits per heavy atom. The van der Waals surface area contributed by atoms with Crippen molar-refractivity contribution in [1.82, 2.24) is 14.6 Å². The minimum absolute atomic E-state index is 0.00538. The van der Waals surface area contributed by atoms with Gasteiger partial charge in [-0.05, 0) is 18.4 Å². The zero-order valence-corrected chi connectivity index (χ0v) is 13.6. The van der Waals surface area contributed by atoms with Crippen LogP contribution in [-0.4, -0.2) is 43.7 Å². The average Bonchev–Trinajstić information content (AvgIpc) is 2.79. The fraction of sp³-hybridized carbons (Fsp3) is 0.615. The van der Waals surface area contributed by atoms with Crippen molar-refractivity contribution in [3.63, 3.8) is 0 Å². The van der Waals surface area contributed by atoms with Crippen LogP contribution in [0.2, 0.25) is 0 Å². The lowest BCUT2D eigenvalue weighted by molar-refractivity contribution is 0.0955. The molecule has 0 aromatic carbocycles. The number of carbonyl (C=O) groups is 1. The van der Waals surface area contributed by atoms with Gasteiger partial charge >= 0.3 is 0 Å². The molecule has 1 unspecified atom stereocenters. The lowest BCUT2D eigenvalue weighted by Gasteiger charge is -2.17. The summed E-state index contributed by atoms with van der Waals surface area (Å²) in [7, 11) is -0.695. The molecule has 0 saturated heterocycles. The Bertz CT molecular complexity index is 593. The van der Waals surface area contributed by atoms with E-state index >= 15 is 0 Å². The van der Waals surface area contributed by atoms with E-state index in [4.69, 9.17) is 0 Å². The topological polar surface area (TPSA) is 100 Å². The maximum Gasteiger partial charge on any atom is 0.267 e. The van der Waals surface area contributed by atoms with Crippen molar-refractivity contribution in [1.29, 1.82) is 0 Å². The first kappa shape index (κ1) is 17.7. The summed E-state index contributed by atoms with van der Waals surface area (Å²) < 4.78 is 28.5. The second kappa shape index (κ2) is 7.06. The predicted molar refractivity (Wildman–Crippen MR) is 79.5 cm³/mol. The molecule has 120 valence electrons. The van der Waals surface area contributed by atoms with Gasteiger partial charge in [-0.15, -0.1) is 0 Å². The molecule has 0 spiro atoms. The molecule has 1 rings (SSSR count). The highest BCUT2D eigenvalue weighted by Crippen LogP contribution is 2.15. The number of nitrogens with zero attached hydrogens (tertiary/aromatic N) is 1. The monoisotopic (exact) mass is 317 g/mol. The zero-order valence-electron chi connectivity index (χ0n) is 12.8. The van der Waals surface area contributed by atoms with Gasteiger partial charge in [-0.1, -0.05) is 13.8 Å². The smallest absolute Gasteiger partial charge is 0.267 e. The Balaban J connectivity index is 3.00. The molecule has 0 aliphatic heterocycles. The number of sulfonamides is 1. The van der Waals surface area contributed by atoms with Crippen molar-refractivity contribution in [3.8, 4) is 0 Å². The van der Waals surface area contributed by atoms with Crippen LogP contribution in [0, 0.1) is 5.92 Å². The van der Waals surface area contributed by atoms with Gasteiger partial charge in [0, 0.05) is 26.3 Å². The fourth-order valence-electron chi connectivity index (χ4n) is 2.05. The van der Waals surface area contributed by atoms with Crippen LogP contribution >= 0.6 is 0 Å². The van der Waals surface area contributed by atoms with Crippen LogP contribution in [0.5, 0.6) is 0 Å². The Labute approximate surface area is 125 Å². The Kier molecular flexibility index (Phi) is 5.94. The Morgan fingerprint density at radius 2 is 2.05 bits per heavy atom. The van der Waals surface area contributed by atoms with Gasteiger partial charge in [-0.3, -0.25) is 4.79 Å². The van der Waals surface area contributed by atoms with Gasteiger partial charge in [-0.2, -0.15) is 0 Å². The minimum Gasteiger partial charge on any atom is -0.395 e. The first-order valence-electron chi connectivity index (χ1n) is 6.73. The van der Waals surface area contributed by atoms with Crippen LogP contribution in [0.1, 0.15) is 30.8 Å².